The number of carbonyl (C=O) groups is 1. The van der Waals surface area contributed by atoms with E-state index in [1.54, 1.807) is 11.3 Å². The Morgan fingerprint density at radius 2 is 2.13 bits per heavy atom. The van der Waals surface area contributed by atoms with Crippen LogP contribution in [0.1, 0.15) is 0 Å². The molecule has 15 heavy (non-hydrogen) atoms. The van der Waals surface area contributed by atoms with E-state index >= 15 is 0 Å². The van der Waals surface area contributed by atoms with E-state index in [1.165, 1.54) is 10.1 Å². The molecule has 80 valence electrons. The van der Waals surface area contributed by atoms with Gasteiger partial charge in [0, 0.05) is 4.70 Å². The largest absolute Gasteiger partial charge is 0.368 e. The van der Waals surface area contributed by atoms with Crippen molar-refractivity contribution >= 4 is 55.7 Å². The first-order valence-corrected chi connectivity index (χ1v) is 5.36. The van der Waals surface area contributed by atoms with Crippen molar-refractivity contribution < 1.29 is 4.79 Å². The van der Waals surface area contributed by atoms with Crippen molar-refractivity contribution in [3.05, 3.63) is 30.3 Å². The van der Waals surface area contributed by atoms with Crippen LogP contribution in [0.15, 0.2) is 30.3 Å². The van der Waals surface area contributed by atoms with Crippen molar-refractivity contribution in [2.45, 2.75) is 0 Å². The van der Waals surface area contributed by atoms with Crippen molar-refractivity contribution in [1.82, 2.24) is 0 Å². The Morgan fingerprint density at radius 3 is 2.80 bits per heavy atom. The summed E-state index contributed by atoms with van der Waals surface area (Å²) in [4.78, 5) is 10.5. The smallest absolute Gasteiger partial charge is 0.240 e. The maximum atomic E-state index is 10.5. The summed E-state index contributed by atoms with van der Waals surface area (Å²) in [5, 5.41) is 4.75. The molecule has 0 saturated carbocycles. The molecule has 1 aromatic heterocycles. The monoisotopic (exact) mass is 261 g/mol. The van der Waals surface area contributed by atoms with E-state index in [1.807, 2.05) is 30.3 Å². The summed E-state index contributed by atoms with van der Waals surface area (Å²) < 4.78 is 1.21. The molecule has 5 heteroatoms. The van der Waals surface area contributed by atoms with Crippen molar-refractivity contribution in [3.63, 3.8) is 0 Å². The molecule has 0 aliphatic rings. The number of nitrogens with one attached hydrogen (secondary N) is 1. The lowest BCUT2D eigenvalue weighted by Crippen LogP contribution is -2.06. The van der Waals surface area contributed by atoms with E-state index in [0.29, 0.717) is 0 Å². The molecule has 1 N–H and O–H groups in total. The number of benzene rings is 1. The average Bonchev–Trinajstić information content (AvgIpc) is 2.57. The maximum absolute atomic E-state index is 10.5. The van der Waals surface area contributed by atoms with Crippen molar-refractivity contribution in [1.29, 1.82) is 0 Å². The summed E-state index contributed by atoms with van der Waals surface area (Å²) in [5.41, 5.74) is 0. The van der Waals surface area contributed by atoms with Gasteiger partial charge < -0.3 is 5.32 Å². The second kappa shape index (κ2) is 5.35. The molecule has 0 saturated heterocycles. The first kappa shape index (κ1) is 12.3. The van der Waals surface area contributed by atoms with Gasteiger partial charge in [-0.1, -0.05) is 18.2 Å². The number of rotatable bonds is 3. The van der Waals surface area contributed by atoms with Crippen LogP contribution in [0, 0.1) is 0 Å². The van der Waals surface area contributed by atoms with Gasteiger partial charge in [0.2, 0.25) is 5.24 Å². The van der Waals surface area contributed by atoms with E-state index in [2.05, 4.69) is 5.32 Å². The van der Waals surface area contributed by atoms with E-state index in [9.17, 15) is 4.79 Å². The van der Waals surface area contributed by atoms with Gasteiger partial charge in [0.25, 0.3) is 0 Å². The second-order valence-electron chi connectivity index (χ2n) is 2.86. The zero-order chi connectivity index (χ0) is 9.97. The van der Waals surface area contributed by atoms with Crippen LogP contribution in [0.25, 0.3) is 10.1 Å². The molecule has 0 spiro atoms. The topological polar surface area (TPSA) is 29.1 Å². The first-order chi connectivity index (χ1) is 6.75. The van der Waals surface area contributed by atoms with Crippen LogP contribution in [0.5, 0.6) is 0 Å². The van der Waals surface area contributed by atoms with Crippen LogP contribution in [0.4, 0.5) is 5.00 Å². The molecule has 0 fully saturated rings. The minimum Gasteiger partial charge on any atom is -0.368 e. The van der Waals surface area contributed by atoms with Crippen LogP contribution >= 0.6 is 35.3 Å². The molecule has 0 atom stereocenters. The Bertz CT molecular complexity index is 436. The molecular weight excluding hydrogens is 253 g/mol. The van der Waals surface area contributed by atoms with Crippen LogP contribution < -0.4 is 5.32 Å². The zero-order valence-electron chi connectivity index (χ0n) is 7.70. The highest BCUT2D eigenvalue weighted by atomic mass is 35.5. The maximum Gasteiger partial charge on any atom is 0.240 e. The number of fused-ring (bicyclic) bond motifs is 1. The number of carbonyl (C=O) groups excluding carboxylic acids is 1. The fourth-order valence-corrected chi connectivity index (χ4v) is 2.25. The molecule has 1 aromatic carbocycles. The Hall–Kier alpha value is -0.770. The SMILES string of the molecule is Cl.O=C(Cl)CNc1cc2ccccc2s1. The Balaban J connectivity index is 0.00000112. The number of anilines is 1. The summed E-state index contributed by atoms with van der Waals surface area (Å²) >= 11 is 6.85. The average molecular weight is 262 g/mol. The van der Waals surface area contributed by atoms with Crippen molar-refractivity contribution in [2.24, 2.45) is 0 Å². The van der Waals surface area contributed by atoms with Gasteiger partial charge in [-0.25, -0.2) is 0 Å². The quantitative estimate of drug-likeness (QED) is 0.858. The molecule has 0 aliphatic heterocycles. The number of halogens is 2. The molecular formula is C10H9Cl2NOS. The molecule has 0 bridgehead atoms. The van der Waals surface area contributed by atoms with Gasteiger partial charge in [0.15, 0.2) is 0 Å². The van der Waals surface area contributed by atoms with Gasteiger partial charge in [-0.05, 0) is 29.1 Å². The molecule has 2 nitrogen and oxygen atoms in total. The summed E-state index contributed by atoms with van der Waals surface area (Å²) in [6.07, 6.45) is 0. The van der Waals surface area contributed by atoms with Crippen molar-refractivity contribution in [2.75, 3.05) is 11.9 Å². The van der Waals surface area contributed by atoms with Gasteiger partial charge in [0.05, 0.1) is 11.5 Å². The Labute approximate surface area is 103 Å². The number of hydrogen-bond acceptors (Lipinski definition) is 3. The summed E-state index contributed by atoms with van der Waals surface area (Å²) in [6.45, 7) is 0.175. The Kier molecular flexibility index (Phi) is 4.39. The second-order valence-corrected chi connectivity index (χ2v) is 4.36. The first-order valence-electron chi connectivity index (χ1n) is 4.16. The summed E-state index contributed by atoms with van der Waals surface area (Å²) in [5.74, 6) is 0. The van der Waals surface area contributed by atoms with E-state index in [-0.39, 0.29) is 24.2 Å². The zero-order valence-corrected chi connectivity index (χ0v) is 10.1. The lowest BCUT2D eigenvalue weighted by molar-refractivity contribution is -0.110. The normalized spacial score (nSPS) is 9.67. The van der Waals surface area contributed by atoms with Crippen molar-refractivity contribution in [3.8, 4) is 0 Å². The third-order valence-electron chi connectivity index (χ3n) is 1.83. The summed E-state index contributed by atoms with van der Waals surface area (Å²) in [6, 6.07) is 10.1. The standard InChI is InChI=1S/C10H8ClNOS.ClH/c11-9(13)6-12-10-5-7-3-1-2-4-8(7)14-10;/h1-5,12H,6H2;1H. The van der Waals surface area contributed by atoms with Gasteiger partial charge in [-0.3, -0.25) is 4.79 Å². The third kappa shape index (κ3) is 3.09. The molecule has 2 rings (SSSR count). The number of hydrogen-bond donors (Lipinski definition) is 1. The molecule has 1 heterocycles. The van der Waals surface area contributed by atoms with Crippen LogP contribution in [-0.2, 0) is 4.79 Å². The lowest BCUT2D eigenvalue weighted by atomic mass is 10.3. The van der Waals surface area contributed by atoms with Gasteiger partial charge in [0.1, 0.15) is 0 Å². The van der Waals surface area contributed by atoms with Gasteiger partial charge >= 0.3 is 0 Å². The molecule has 2 aromatic rings. The van der Waals surface area contributed by atoms with Crippen LogP contribution in [0.3, 0.4) is 0 Å². The van der Waals surface area contributed by atoms with Crippen LogP contribution in [0.2, 0.25) is 0 Å². The number of thiophene rings is 1. The van der Waals surface area contributed by atoms with Crippen LogP contribution in [-0.4, -0.2) is 11.8 Å². The molecule has 0 amide bonds. The predicted molar refractivity (Wildman–Crippen MR) is 68.4 cm³/mol. The van der Waals surface area contributed by atoms with E-state index < -0.39 is 0 Å². The van der Waals surface area contributed by atoms with Gasteiger partial charge in [-0.2, -0.15) is 0 Å². The Morgan fingerprint density at radius 1 is 1.40 bits per heavy atom. The highest BCUT2D eigenvalue weighted by Gasteiger charge is 2.01. The molecule has 0 aliphatic carbocycles. The third-order valence-corrected chi connectivity index (χ3v) is 3.03. The highest BCUT2D eigenvalue weighted by Crippen LogP contribution is 2.29. The summed E-state index contributed by atoms with van der Waals surface area (Å²) in [7, 11) is 0. The van der Waals surface area contributed by atoms with E-state index in [0.717, 1.165) is 5.00 Å². The van der Waals surface area contributed by atoms with E-state index in [4.69, 9.17) is 11.6 Å². The highest BCUT2D eigenvalue weighted by molar-refractivity contribution is 7.22. The molecule has 0 unspecified atom stereocenters. The minimum atomic E-state index is -0.373. The van der Waals surface area contributed by atoms with Gasteiger partial charge in [-0.15, -0.1) is 23.7 Å². The minimum absolute atomic E-state index is 0. The fraction of sp³-hybridized carbons (Fsp3) is 0.100. The molecule has 0 radical (unpaired) electrons. The fourth-order valence-electron chi connectivity index (χ4n) is 1.23. The lowest BCUT2D eigenvalue weighted by Gasteiger charge is -1.95. The predicted octanol–water partition coefficient (Wildman–Crippen LogP) is 3.50.